The maximum atomic E-state index is 12.5. The summed E-state index contributed by atoms with van der Waals surface area (Å²) >= 11 is 0. The molecule has 158 valence electrons. The van der Waals surface area contributed by atoms with E-state index in [4.69, 9.17) is 14.2 Å². The summed E-state index contributed by atoms with van der Waals surface area (Å²) in [4.78, 5) is 16.1. The molecule has 0 aliphatic carbocycles. The summed E-state index contributed by atoms with van der Waals surface area (Å²) in [5.41, 5.74) is 4.22. The highest BCUT2D eigenvalue weighted by atomic mass is 16.5. The van der Waals surface area contributed by atoms with Gasteiger partial charge >= 0.3 is 5.97 Å². The van der Waals surface area contributed by atoms with Crippen LogP contribution >= 0.6 is 0 Å². The number of H-pyrrole nitrogens is 1. The van der Waals surface area contributed by atoms with Gasteiger partial charge in [-0.25, -0.2) is 4.79 Å². The van der Waals surface area contributed by atoms with E-state index in [0.29, 0.717) is 11.5 Å². The zero-order valence-electron chi connectivity index (χ0n) is 17.8. The normalized spacial score (nSPS) is 20.8. The number of nitrogens with one attached hydrogen (secondary N) is 2. The number of methoxy groups -OCH3 is 3. The number of aromatic amines is 1. The Morgan fingerprint density at radius 1 is 1.24 bits per heavy atom. The Labute approximate surface area is 172 Å². The highest BCUT2D eigenvalue weighted by Crippen LogP contribution is 2.35. The molecule has 0 spiro atoms. The van der Waals surface area contributed by atoms with Crippen LogP contribution in [0.2, 0.25) is 0 Å². The molecule has 6 nitrogen and oxygen atoms in total. The predicted molar refractivity (Wildman–Crippen MR) is 114 cm³/mol. The first-order valence-corrected chi connectivity index (χ1v) is 10.3. The van der Waals surface area contributed by atoms with Crippen LogP contribution in [0.4, 0.5) is 0 Å². The highest BCUT2D eigenvalue weighted by molar-refractivity contribution is 5.91. The average molecular weight is 401 g/mol. The molecule has 0 radical (unpaired) electrons. The lowest BCUT2D eigenvalue weighted by atomic mass is 9.80. The molecule has 3 rings (SSSR count). The third-order valence-corrected chi connectivity index (χ3v) is 6.02. The second kappa shape index (κ2) is 9.83. The van der Waals surface area contributed by atoms with Gasteiger partial charge in [-0.15, -0.1) is 0 Å². The van der Waals surface area contributed by atoms with Gasteiger partial charge in [-0.1, -0.05) is 19.4 Å². The smallest absolute Gasteiger partial charge is 0.337 e. The number of carbonyl (C=O) groups excluding carboxylic acids is 1. The highest BCUT2D eigenvalue weighted by Gasteiger charge is 2.30. The van der Waals surface area contributed by atoms with Gasteiger partial charge in [0, 0.05) is 16.6 Å². The maximum absolute atomic E-state index is 12.5. The van der Waals surface area contributed by atoms with E-state index >= 15 is 0 Å². The summed E-state index contributed by atoms with van der Waals surface area (Å²) < 4.78 is 15.9. The number of hydrogen-bond acceptors (Lipinski definition) is 5. The molecule has 0 saturated carbocycles. The Morgan fingerprint density at radius 3 is 2.76 bits per heavy atom. The predicted octanol–water partition coefficient (Wildman–Crippen LogP) is 3.60. The lowest BCUT2D eigenvalue weighted by molar-refractivity contribution is -0.137. The number of aromatic nitrogens is 1. The molecule has 0 fully saturated rings. The Bertz CT molecular complexity index is 871. The van der Waals surface area contributed by atoms with Crippen LogP contribution in [0, 0.1) is 11.8 Å². The number of esters is 1. The standard InChI is InChI=1S/C23H32N2O4/c1-5-15-13-24-12-11-17-19(25-20-7-6-8-21(28-3)22(17)20)10-9-16(15)18(14-27-2)23(26)29-4/h6-8,14-16,24-25H,5,9-13H2,1-4H3/b18-14+/t15-,16+/m1/s1. The van der Waals surface area contributed by atoms with Crippen molar-refractivity contribution in [3.05, 3.63) is 41.3 Å². The largest absolute Gasteiger partial charge is 0.504 e. The molecule has 2 heterocycles. The third-order valence-electron chi connectivity index (χ3n) is 6.02. The van der Waals surface area contributed by atoms with Crippen molar-refractivity contribution in [2.24, 2.45) is 11.8 Å². The summed E-state index contributed by atoms with van der Waals surface area (Å²) in [5, 5.41) is 4.76. The minimum Gasteiger partial charge on any atom is -0.504 e. The van der Waals surface area contributed by atoms with Crippen LogP contribution < -0.4 is 10.1 Å². The van der Waals surface area contributed by atoms with E-state index in [1.165, 1.54) is 18.4 Å². The first-order chi connectivity index (χ1) is 14.1. The first-order valence-electron chi connectivity index (χ1n) is 10.3. The minimum absolute atomic E-state index is 0.0548. The number of benzene rings is 1. The van der Waals surface area contributed by atoms with Crippen LogP contribution in [0.5, 0.6) is 5.75 Å². The van der Waals surface area contributed by atoms with E-state index in [0.717, 1.165) is 55.4 Å². The van der Waals surface area contributed by atoms with Crippen molar-refractivity contribution in [2.45, 2.75) is 32.6 Å². The number of rotatable bonds is 5. The van der Waals surface area contributed by atoms with E-state index in [1.54, 1.807) is 20.5 Å². The van der Waals surface area contributed by atoms with Crippen LogP contribution in [-0.4, -0.2) is 45.4 Å². The molecule has 29 heavy (non-hydrogen) atoms. The lowest BCUT2D eigenvalue weighted by Gasteiger charge is -2.28. The summed E-state index contributed by atoms with van der Waals surface area (Å²) in [7, 11) is 4.71. The summed E-state index contributed by atoms with van der Waals surface area (Å²) in [6.07, 6.45) is 5.16. The second-order valence-corrected chi connectivity index (χ2v) is 7.53. The van der Waals surface area contributed by atoms with Crippen molar-refractivity contribution in [1.29, 1.82) is 0 Å². The number of fused-ring (bicyclic) bond motifs is 3. The van der Waals surface area contributed by atoms with Crippen LogP contribution in [0.3, 0.4) is 0 Å². The van der Waals surface area contributed by atoms with Crippen LogP contribution in [-0.2, 0) is 27.1 Å². The lowest BCUT2D eigenvalue weighted by Crippen LogP contribution is -2.33. The summed E-state index contributed by atoms with van der Waals surface area (Å²) in [5.74, 6) is 0.968. The zero-order chi connectivity index (χ0) is 20.8. The Morgan fingerprint density at radius 2 is 2.07 bits per heavy atom. The van der Waals surface area contributed by atoms with Gasteiger partial charge in [0.15, 0.2) is 0 Å². The van der Waals surface area contributed by atoms with Crippen molar-refractivity contribution >= 4 is 16.9 Å². The van der Waals surface area contributed by atoms with E-state index in [9.17, 15) is 4.79 Å². The van der Waals surface area contributed by atoms with E-state index in [-0.39, 0.29) is 11.9 Å². The SMILES string of the molecule is CC[C@@H]1CNCCc2c([nH]c3cccc(OC)c23)CC[C@@H]1/C(=C\OC)C(=O)OC. The number of ether oxygens (including phenoxy) is 3. The van der Waals surface area contributed by atoms with Gasteiger partial charge in [-0.05, 0) is 61.9 Å². The molecule has 2 atom stereocenters. The van der Waals surface area contributed by atoms with Gasteiger partial charge in [0.1, 0.15) is 5.75 Å². The topological polar surface area (TPSA) is 72.6 Å². The van der Waals surface area contributed by atoms with Crippen LogP contribution in [0.15, 0.2) is 30.0 Å². The fraction of sp³-hybridized carbons (Fsp3) is 0.522. The van der Waals surface area contributed by atoms with Crippen molar-refractivity contribution in [3.8, 4) is 5.75 Å². The molecule has 2 aromatic rings. The van der Waals surface area contributed by atoms with E-state index in [2.05, 4.69) is 23.3 Å². The van der Waals surface area contributed by atoms with Gasteiger partial charge < -0.3 is 24.5 Å². The molecule has 1 aliphatic heterocycles. The zero-order valence-corrected chi connectivity index (χ0v) is 17.8. The summed E-state index contributed by atoms with van der Waals surface area (Å²) in [6, 6.07) is 6.11. The molecule has 6 heteroatoms. The molecular weight excluding hydrogens is 368 g/mol. The first kappa shape index (κ1) is 21.2. The maximum Gasteiger partial charge on any atom is 0.337 e. The molecule has 0 bridgehead atoms. The summed E-state index contributed by atoms with van der Waals surface area (Å²) in [6.45, 7) is 3.91. The number of aryl methyl sites for hydroxylation is 1. The number of hydrogen-bond donors (Lipinski definition) is 2. The van der Waals surface area contributed by atoms with Crippen molar-refractivity contribution in [2.75, 3.05) is 34.4 Å². The molecule has 2 N–H and O–H groups in total. The quantitative estimate of drug-likeness (QED) is 0.456. The molecule has 0 amide bonds. The fourth-order valence-corrected chi connectivity index (χ4v) is 4.54. The molecule has 1 aromatic carbocycles. The van der Waals surface area contributed by atoms with Crippen LogP contribution in [0.1, 0.15) is 31.0 Å². The van der Waals surface area contributed by atoms with E-state index in [1.807, 2.05) is 12.1 Å². The van der Waals surface area contributed by atoms with Crippen LogP contribution in [0.25, 0.3) is 10.9 Å². The van der Waals surface area contributed by atoms with Crippen molar-refractivity contribution in [1.82, 2.24) is 10.3 Å². The second-order valence-electron chi connectivity index (χ2n) is 7.53. The third kappa shape index (κ3) is 4.42. The van der Waals surface area contributed by atoms with Crippen molar-refractivity contribution < 1.29 is 19.0 Å². The van der Waals surface area contributed by atoms with Gasteiger partial charge in [0.2, 0.25) is 0 Å². The van der Waals surface area contributed by atoms with Crippen molar-refractivity contribution in [3.63, 3.8) is 0 Å². The monoisotopic (exact) mass is 400 g/mol. The van der Waals surface area contributed by atoms with Gasteiger partial charge in [0.25, 0.3) is 0 Å². The van der Waals surface area contributed by atoms with Gasteiger partial charge in [-0.3, -0.25) is 0 Å². The Balaban J connectivity index is 2.01. The van der Waals surface area contributed by atoms with Gasteiger partial charge in [-0.2, -0.15) is 0 Å². The molecular formula is C23H32N2O4. The number of carbonyl (C=O) groups is 1. The Hall–Kier alpha value is -2.47. The average Bonchev–Trinajstić information content (AvgIpc) is 3.11. The fourth-order valence-electron chi connectivity index (χ4n) is 4.54. The molecule has 1 aliphatic rings. The minimum atomic E-state index is -0.314. The molecule has 1 aromatic heterocycles. The van der Waals surface area contributed by atoms with Gasteiger partial charge in [0.05, 0.1) is 33.2 Å². The Kier molecular flexibility index (Phi) is 7.20. The molecule has 0 unspecified atom stereocenters. The molecule has 0 saturated heterocycles. The van der Waals surface area contributed by atoms with E-state index < -0.39 is 0 Å².